The Bertz CT molecular complexity index is 569. The molecule has 3 N–H and O–H groups in total. The van der Waals surface area contributed by atoms with Crippen molar-refractivity contribution in [3.8, 4) is 5.75 Å². The van der Waals surface area contributed by atoms with Crippen molar-refractivity contribution in [2.24, 2.45) is 4.99 Å². The Morgan fingerprint density at radius 1 is 1.30 bits per heavy atom. The molecule has 1 aromatic carbocycles. The third-order valence-corrected chi connectivity index (χ3v) is 3.41. The van der Waals surface area contributed by atoms with Crippen LogP contribution in [-0.2, 0) is 11.3 Å². The molecule has 3 amide bonds. The number of rotatable bonds is 6. The van der Waals surface area contributed by atoms with Crippen molar-refractivity contribution < 1.29 is 14.3 Å². The minimum atomic E-state index is -0.349. The quantitative estimate of drug-likeness (QED) is 0.387. The van der Waals surface area contributed by atoms with Crippen molar-refractivity contribution in [1.82, 2.24) is 20.9 Å². The van der Waals surface area contributed by atoms with Crippen molar-refractivity contribution in [2.45, 2.75) is 6.54 Å². The van der Waals surface area contributed by atoms with E-state index in [-0.39, 0.29) is 18.5 Å². The van der Waals surface area contributed by atoms with E-state index in [0.717, 1.165) is 11.3 Å². The number of carbonyl (C=O) groups excluding carboxylic acids is 2. The SMILES string of the molecule is CN=C(NCCN1C(=O)CNC1=O)NCc1ccc(OC)cc1. The maximum atomic E-state index is 11.5. The van der Waals surface area contributed by atoms with E-state index in [1.165, 1.54) is 4.90 Å². The normalized spacial score (nSPS) is 14.7. The molecule has 1 heterocycles. The summed E-state index contributed by atoms with van der Waals surface area (Å²) >= 11 is 0. The lowest BCUT2D eigenvalue weighted by Crippen LogP contribution is -2.43. The number of nitrogens with one attached hydrogen (secondary N) is 3. The summed E-state index contributed by atoms with van der Waals surface area (Å²) in [4.78, 5) is 28.1. The Morgan fingerprint density at radius 2 is 2.04 bits per heavy atom. The highest BCUT2D eigenvalue weighted by atomic mass is 16.5. The number of amides is 3. The second-order valence-corrected chi connectivity index (χ2v) is 4.90. The lowest BCUT2D eigenvalue weighted by Gasteiger charge is -2.15. The van der Waals surface area contributed by atoms with E-state index < -0.39 is 0 Å². The number of urea groups is 1. The zero-order chi connectivity index (χ0) is 16.7. The number of nitrogens with zero attached hydrogens (tertiary/aromatic N) is 2. The van der Waals surface area contributed by atoms with Gasteiger partial charge in [0.2, 0.25) is 5.91 Å². The van der Waals surface area contributed by atoms with Crippen molar-refractivity contribution in [1.29, 1.82) is 0 Å². The van der Waals surface area contributed by atoms with Gasteiger partial charge in [-0.2, -0.15) is 0 Å². The minimum Gasteiger partial charge on any atom is -0.497 e. The van der Waals surface area contributed by atoms with Crippen LogP contribution in [0.25, 0.3) is 0 Å². The summed E-state index contributed by atoms with van der Waals surface area (Å²) in [5.74, 6) is 1.20. The highest BCUT2D eigenvalue weighted by Gasteiger charge is 2.27. The number of ether oxygens (including phenoxy) is 1. The van der Waals surface area contributed by atoms with Gasteiger partial charge < -0.3 is 20.7 Å². The van der Waals surface area contributed by atoms with Gasteiger partial charge in [0.25, 0.3) is 0 Å². The molecule has 8 nitrogen and oxygen atoms in total. The van der Waals surface area contributed by atoms with Crippen LogP contribution in [-0.4, -0.2) is 56.6 Å². The van der Waals surface area contributed by atoms with Gasteiger partial charge in [0, 0.05) is 26.7 Å². The first-order valence-electron chi connectivity index (χ1n) is 7.29. The van der Waals surface area contributed by atoms with E-state index in [1.54, 1.807) is 14.2 Å². The second-order valence-electron chi connectivity index (χ2n) is 4.90. The summed E-state index contributed by atoms with van der Waals surface area (Å²) in [5.41, 5.74) is 1.09. The predicted octanol–water partition coefficient (Wildman–Crippen LogP) is -0.0880. The number of methoxy groups -OCH3 is 1. The molecule has 2 rings (SSSR count). The third kappa shape index (κ3) is 4.60. The summed E-state index contributed by atoms with van der Waals surface area (Å²) in [6.45, 7) is 1.41. The van der Waals surface area contributed by atoms with Gasteiger partial charge in [-0.05, 0) is 17.7 Å². The monoisotopic (exact) mass is 319 g/mol. The Balaban J connectivity index is 1.74. The van der Waals surface area contributed by atoms with Crippen LogP contribution in [0.4, 0.5) is 4.79 Å². The van der Waals surface area contributed by atoms with E-state index in [9.17, 15) is 9.59 Å². The first kappa shape index (κ1) is 16.6. The molecule has 23 heavy (non-hydrogen) atoms. The van der Waals surface area contributed by atoms with Crippen LogP contribution < -0.4 is 20.7 Å². The van der Waals surface area contributed by atoms with Gasteiger partial charge in [0.1, 0.15) is 5.75 Å². The Hall–Kier alpha value is -2.77. The zero-order valence-corrected chi connectivity index (χ0v) is 13.3. The number of guanidine groups is 1. The summed E-state index contributed by atoms with van der Waals surface area (Å²) in [6, 6.07) is 7.37. The summed E-state index contributed by atoms with van der Waals surface area (Å²) in [6.07, 6.45) is 0. The molecule has 0 bridgehead atoms. The van der Waals surface area contributed by atoms with E-state index in [1.807, 2.05) is 24.3 Å². The molecule has 1 fully saturated rings. The minimum absolute atomic E-state index is 0.0727. The van der Waals surface area contributed by atoms with Crippen LogP contribution in [0.3, 0.4) is 0 Å². The molecule has 1 aromatic rings. The van der Waals surface area contributed by atoms with Crippen LogP contribution in [0, 0.1) is 0 Å². The van der Waals surface area contributed by atoms with Gasteiger partial charge in [-0.3, -0.25) is 14.7 Å². The van der Waals surface area contributed by atoms with E-state index in [4.69, 9.17) is 4.74 Å². The standard InChI is InChI=1S/C15H21N5O3/c1-16-14(17-7-8-20-13(21)10-19-15(20)22)18-9-11-3-5-12(23-2)6-4-11/h3-6H,7-10H2,1-2H3,(H,19,22)(H2,16,17,18). The van der Waals surface area contributed by atoms with Crippen LogP contribution in [0.5, 0.6) is 5.75 Å². The smallest absolute Gasteiger partial charge is 0.324 e. The topological polar surface area (TPSA) is 95.1 Å². The average molecular weight is 319 g/mol. The molecule has 0 unspecified atom stereocenters. The van der Waals surface area contributed by atoms with Gasteiger partial charge in [0.15, 0.2) is 5.96 Å². The highest BCUT2D eigenvalue weighted by Crippen LogP contribution is 2.10. The van der Waals surface area contributed by atoms with Gasteiger partial charge in [-0.15, -0.1) is 0 Å². The average Bonchev–Trinajstić information content (AvgIpc) is 2.90. The first-order chi connectivity index (χ1) is 11.1. The van der Waals surface area contributed by atoms with Crippen LogP contribution in [0.1, 0.15) is 5.56 Å². The molecule has 1 aliphatic rings. The van der Waals surface area contributed by atoms with Gasteiger partial charge in [-0.1, -0.05) is 12.1 Å². The number of imide groups is 1. The molecular formula is C15H21N5O3. The molecule has 0 aromatic heterocycles. The predicted molar refractivity (Wildman–Crippen MR) is 86.3 cm³/mol. The molecule has 0 radical (unpaired) electrons. The molecule has 124 valence electrons. The fourth-order valence-electron chi connectivity index (χ4n) is 2.12. The highest BCUT2D eigenvalue weighted by molar-refractivity contribution is 6.01. The molecule has 0 aliphatic carbocycles. The molecule has 0 spiro atoms. The number of hydrogen-bond acceptors (Lipinski definition) is 4. The fraction of sp³-hybridized carbons (Fsp3) is 0.400. The van der Waals surface area contributed by atoms with Gasteiger partial charge in [0.05, 0.1) is 13.7 Å². The Kier molecular flexibility index (Phi) is 5.79. The second kappa shape index (κ2) is 8.02. The maximum absolute atomic E-state index is 11.5. The summed E-state index contributed by atoms with van der Waals surface area (Å²) in [5, 5.41) is 8.72. The van der Waals surface area contributed by atoms with Crippen molar-refractivity contribution >= 4 is 17.9 Å². The van der Waals surface area contributed by atoms with Crippen molar-refractivity contribution in [3.05, 3.63) is 29.8 Å². The van der Waals surface area contributed by atoms with Crippen LogP contribution in [0.2, 0.25) is 0 Å². The van der Waals surface area contributed by atoms with E-state index >= 15 is 0 Å². The van der Waals surface area contributed by atoms with Crippen molar-refractivity contribution in [3.63, 3.8) is 0 Å². The number of hydrogen-bond donors (Lipinski definition) is 3. The zero-order valence-electron chi connectivity index (χ0n) is 13.3. The number of carbonyl (C=O) groups is 2. The molecule has 1 saturated heterocycles. The maximum Gasteiger partial charge on any atom is 0.324 e. The van der Waals surface area contributed by atoms with Gasteiger partial charge >= 0.3 is 6.03 Å². The molecule has 0 atom stereocenters. The summed E-state index contributed by atoms with van der Waals surface area (Å²) < 4.78 is 5.11. The Morgan fingerprint density at radius 3 is 2.61 bits per heavy atom. The number of benzene rings is 1. The van der Waals surface area contributed by atoms with Crippen molar-refractivity contribution in [2.75, 3.05) is 33.8 Å². The fourth-order valence-corrected chi connectivity index (χ4v) is 2.12. The lowest BCUT2D eigenvalue weighted by atomic mass is 10.2. The third-order valence-electron chi connectivity index (χ3n) is 3.41. The van der Waals surface area contributed by atoms with Crippen LogP contribution in [0.15, 0.2) is 29.3 Å². The van der Waals surface area contributed by atoms with Crippen LogP contribution >= 0.6 is 0 Å². The molecule has 1 aliphatic heterocycles. The molecule has 8 heteroatoms. The van der Waals surface area contributed by atoms with E-state index in [0.29, 0.717) is 25.6 Å². The molecule has 0 saturated carbocycles. The summed E-state index contributed by atoms with van der Waals surface area (Å²) in [7, 11) is 3.29. The van der Waals surface area contributed by atoms with Gasteiger partial charge in [-0.25, -0.2) is 4.79 Å². The largest absolute Gasteiger partial charge is 0.497 e. The number of aliphatic imine (C=N–C) groups is 1. The lowest BCUT2D eigenvalue weighted by molar-refractivity contribution is -0.124. The Labute approximate surface area is 134 Å². The molecular weight excluding hydrogens is 298 g/mol. The first-order valence-corrected chi connectivity index (χ1v) is 7.29. The van der Waals surface area contributed by atoms with E-state index in [2.05, 4.69) is 20.9 Å².